The largest absolute Gasteiger partial charge is 0.395 e. The van der Waals surface area contributed by atoms with E-state index in [-0.39, 0.29) is 32.2 Å². The number of nitrogens with zero attached hydrogens (tertiary/aromatic N) is 1. The standard InChI is InChI=1S/C8H17N3O4/c9-7(14)5-10-8(15)6-11(1-3-12)2-4-13/h12-13H,1-6H2,(H2,9,14)(H,10,15). The number of rotatable bonds is 8. The fourth-order valence-electron chi connectivity index (χ4n) is 0.997. The fraction of sp³-hybridized carbons (Fsp3) is 0.750. The zero-order valence-corrected chi connectivity index (χ0v) is 8.48. The molecule has 15 heavy (non-hydrogen) atoms. The highest BCUT2D eigenvalue weighted by molar-refractivity contribution is 5.84. The predicted molar refractivity (Wildman–Crippen MR) is 52.8 cm³/mol. The maximum absolute atomic E-state index is 11.2. The number of primary amides is 1. The van der Waals surface area contributed by atoms with Gasteiger partial charge in [-0.25, -0.2) is 0 Å². The molecule has 0 saturated carbocycles. The zero-order chi connectivity index (χ0) is 11.7. The highest BCUT2D eigenvalue weighted by Crippen LogP contribution is 1.86. The van der Waals surface area contributed by atoms with Crippen LogP contribution in [0, 0.1) is 0 Å². The summed E-state index contributed by atoms with van der Waals surface area (Å²) in [5.74, 6) is -0.977. The molecule has 0 radical (unpaired) electrons. The number of carbonyl (C=O) groups is 2. The van der Waals surface area contributed by atoms with E-state index in [4.69, 9.17) is 15.9 Å². The number of carbonyl (C=O) groups excluding carboxylic acids is 2. The molecule has 0 heterocycles. The van der Waals surface area contributed by atoms with Crippen LogP contribution in [0.1, 0.15) is 0 Å². The Morgan fingerprint density at radius 1 is 1.20 bits per heavy atom. The maximum Gasteiger partial charge on any atom is 0.236 e. The van der Waals surface area contributed by atoms with Gasteiger partial charge >= 0.3 is 0 Å². The van der Waals surface area contributed by atoms with Gasteiger partial charge in [-0.3, -0.25) is 14.5 Å². The first kappa shape index (κ1) is 13.8. The second kappa shape index (κ2) is 8.16. The molecule has 0 aliphatic rings. The summed E-state index contributed by atoms with van der Waals surface area (Å²) in [6, 6.07) is 0. The maximum atomic E-state index is 11.2. The molecule has 0 aliphatic heterocycles. The Kier molecular flexibility index (Phi) is 7.51. The lowest BCUT2D eigenvalue weighted by atomic mass is 10.4. The van der Waals surface area contributed by atoms with Crippen molar-refractivity contribution in [3.8, 4) is 0 Å². The van der Waals surface area contributed by atoms with Crippen molar-refractivity contribution in [2.75, 3.05) is 39.4 Å². The van der Waals surface area contributed by atoms with Crippen molar-refractivity contribution >= 4 is 11.8 Å². The summed E-state index contributed by atoms with van der Waals surface area (Å²) in [5.41, 5.74) is 4.84. The van der Waals surface area contributed by atoms with E-state index in [1.807, 2.05) is 0 Å². The van der Waals surface area contributed by atoms with Crippen molar-refractivity contribution in [3.63, 3.8) is 0 Å². The highest BCUT2D eigenvalue weighted by Gasteiger charge is 2.09. The molecule has 0 spiro atoms. The smallest absolute Gasteiger partial charge is 0.236 e. The Bertz CT molecular complexity index is 204. The summed E-state index contributed by atoms with van der Waals surface area (Å²) < 4.78 is 0. The summed E-state index contributed by atoms with van der Waals surface area (Å²) in [6.07, 6.45) is 0. The van der Waals surface area contributed by atoms with Gasteiger partial charge in [-0.1, -0.05) is 0 Å². The van der Waals surface area contributed by atoms with Crippen LogP contribution in [0.4, 0.5) is 0 Å². The molecule has 2 amide bonds. The van der Waals surface area contributed by atoms with E-state index in [0.29, 0.717) is 13.1 Å². The van der Waals surface area contributed by atoms with E-state index in [0.717, 1.165) is 0 Å². The van der Waals surface area contributed by atoms with Crippen molar-refractivity contribution in [3.05, 3.63) is 0 Å². The average Bonchev–Trinajstić information content (AvgIpc) is 2.15. The van der Waals surface area contributed by atoms with Crippen LogP contribution in [-0.2, 0) is 9.59 Å². The first-order chi connectivity index (χ1) is 7.10. The summed E-state index contributed by atoms with van der Waals surface area (Å²) in [7, 11) is 0. The van der Waals surface area contributed by atoms with Crippen molar-refractivity contribution in [1.82, 2.24) is 10.2 Å². The molecule has 5 N–H and O–H groups in total. The Labute approximate surface area is 87.9 Å². The van der Waals surface area contributed by atoms with Crippen molar-refractivity contribution in [2.45, 2.75) is 0 Å². The average molecular weight is 219 g/mol. The summed E-state index contributed by atoms with van der Waals surface area (Å²) >= 11 is 0. The van der Waals surface area contributed by atoms with E-state index in [1.165, 1.54) is 0 Å². The van der Waals surface area contributed by atoms with Crippen LogP contribution in [0.3, 0.4) is 0 Å². The van der Waals surface area contributed by atoms with Crippen LogP contribution in [0.5, 0.6) is 0 Å². The van der Waals surface area contributed by atoms with Gasteiger partial charge in [0.15, 0.2) is 0 Å². The highest BCUT2D eigenvalue weighted by atomic mass is 16.3. The van der Waals surface area contributed by atoms with E-state index >= 15 is 0 Å². The van der Waals surface area contributed by atoms with Crippen LogP contribution in [-0.4, -0.2) is 66.3 Å². The minimum atomic E-state index is -0.612. The Balaban J connectivity index is 3.82. The van der Waals surface area contributed by atoms with Gasteiger partial charge < -0.3 is 21.3 Å². The molecule has 88 valence electrons. The van der Waals surface area contributed by atoms with E-state index in [2.05, 4.69) is 5.32 Å². The topological polar surface area (TPSA) is 116 Å². The number of amides is 2. The molecule has 0 saturated heterocycles. The van der Waals surface area contributed by atoms with Gasteiger partial charge in [-0.2, -0.15) is 0 Å². The third-order valence-electron chi connectivity index (χ3n) is 1.66. The van der Waals surface area contributed by atoms with Gasteiger partial charge in [-0.15, -0.1) is 0 Å². The van der Waals surface area contributed by atoms with Crippen LogP contribution in [0.25, 0.3) is 0 Å². The summed E-state index contributed by atoms with van der Waals surface area (Å²) in [4.78, 5) is 23.1. The molecule has 7 heteroatoms. The van der Waals surface area contributed by atoms with Gasteiger partial charge in [0, 0.05) is 13.1 Å². The molecule has 0 aromatic heterocycles. The second-order valence-corrected chi connectivity index (χ2v) is 2.97. The minimum absolute atomic E-state index is 0.0222. The van der Waals surface area contributed by atoms with E-state index < -0.39 is 5.91 Å². The third-order valence-corrected chi connectivity index (χ3v) is 1.66. The van der Waals surface area contributed by atoms with E-state index in [1.54, 1.807) is 4.90 Å². The molecule has 0 aromatic carbocycles. The zero-order valence-electron chi connectivity index (χ0n) is 8.48. The van der Waals surface area contributed by atoms with Gasteiger partial charge in [0.2, 0.25) is 11.8 Å². The van der Waals surface area contributed by atoms with Crippen molar-refractivity contribution in [2.24, 2.45) is 5.73 Å². The molecular weight excluding hydrogens is 202 g/mol. The fourth-order valence-corrected chi connectivity index (χ4v) is 0.997. The SMILES string of the molecule is NC(=O)CNC(=O)CN(CCO)CCO. The van der Waals surface area contributed by atoms with Crippen LogP contribution >= 0.6 is 0 Å². The van der Waals surface area contributed by atoms with Gasteiger partial charge in [-0.05, 0) is 0 Å². The Morgan fingerprint density at radius 2 is 1.73 bits per heavy atom. The summed E-state index contributed by atoms with van der Waals surface area (Å²) in [6.45, 7) is 0.223. The molecule has 0 rings (SSSR count). The first-order valence-electron chi connectivity index (χ1n) is 4.59. The molecule has 0 unspecified atom stereocenters. The number of nitrogens with one attached hydrogen (secondary N) is 1. The summed E-state index contributed by atoms with van der Waals surface area (Å²) in [5, 5.41) is 19.6. The normalized spacial score (nSPS) is 10.3. The quantitative estimate of drug-likeness (QED) is 0.344. The second-order valence-electron chi connectivity index (χ2n) is 2.97. The third kappa shape index (κ3) is 7.86. The lowest BCUT2D eigenvalue weighted by Gasteiger charge is -2.18. The van der Waals surface area contributed by atoms with Crippen LogP contribution < -0.4 is 11.1 Å². The molecule has 0 aliphatic carbocycles. The van der Waals surface area contributed by atoms with Crippen LogP contribution in [0.2, 0.25) is 0 Å². The molecule has 0 bridgehead atoms. The van der Waals surface area contributed by atoms with Crippen LogP contribution in [0.15, 0.2) is 0 Å². The number of hydrogen-bond donors (Lipinski definition) is 4. The first-order valence-corrected chi connectivity index (χ1v) is 4.59. The molecule has 7 nitrogen and oxygen atoms in total. The lowest BCUT2D eigenvalue weighted by molar-refractivity contribution is -0.125. The lowest BCUT2D eigenvalue weighted by Crippen LogP contribution is -2.42. The number of nitrogens with two attached hydrogens (primary N) is 1. The minimum Gasteiger partial charge on any atom is -0.395 e. The van der Waals surface area contributed by atoms with Gasteiger partial charge in [0.25, 0.3) is 0 Å². The number of aliphatic hydroxyl groups is 2. The Morgan fingerprint density at radius 3 is 2.13 bits per heavy atom. The van der Waals surface area contributed by atoms with E-state index in [9.17, 15) is 9.59 Å². The monoisotopic (exact) mass is 219 g/mol. The molecular formula is C8H17N3O4. The molecule has 0 aromatic rings. The number of hydrogen-bond acceptors (Lipinski definition) is 5. The molecule has 0 fully saturated rings. The predicted octanol–water partition coefficient (Wildman–Crippen LogP) is -3.13. The van der Waals surface area contributed by atoms with Crippen molar-refractivity contribution in [1.29, 1.82) is 0 Å². The Hall–Kier alpha value is -1.18. The molecule has 0 atom stereocenters. The van der Waals surface area contributed by atoms with Gasteiger partial charge in [0.1, 0.15) is 0 Å². The van der Waals surface area contributed by atoms with Crippen molar-refractivity contribution < 1.29 is 19.8 Å². The van der Waals surface area contributed by atoms with Gasteiger partial charge in [0.05, 0.1) is 26.3 Å². The number of aliphatic hydroxyl groups excluding tert-OH is 2.